The summed E-state index contributed by atoms with van der Waals surface area (Å²) in [5.41, 5.74) is 0. The van der Waals surface area contributed by atoms with Gasteiger partial charge in [-0.2, -0.15) is 0 Å². The van der Waals surface area contributed by atoms with Crippen molar-refractivity contribution >= 4 is 6.03 Å². The summed E-state index contributed by atoms with van der Waals surface area (Å²) in [5.74, 6) is 0.729. The fraction of sp³-hybridized carbons (Fsp3) is 0.889. The number of carbonyl (C=O) groups is 1. The first-order valence-electron chi connectivity index (χ1n) is 4.80. The average molecular weight is 170 g/mol. The van der Waals surface area contributed by atoms with Crippen LogP contribution in [0.3, 0.4) is 0 Å². The van der Waals surface area contributed by atoms with Crippen LogP contribution in [0.4, 0.5) is 4.79 Å². The smallest absolute Gasteiger partial charge is 0.317 e. The van der Waals surface area contributed by atoms with E-state index in [2.05, 4.69) is 12.2 Å². The Hall–Kier alpha value is -0.730. The molecule has 1 N–H and O–H groups in total. The van der Waals surface area contributed by atoms with Gasteiger partial charge in [0.15, 0.2) is 0 Å². The zero-order chi connectivity index (χ0) is 8.97. The molecule has 0 aromatic rings. The molecule has 0 aliphatic carbocycles. The Balaban J connectivity index is 2.31. The standard InChI is InChI=1S/C9H18N2O/c1-3-8-5-6-11(7-8)9(12)10-4-2/h8H,3-7H2,1-2H3,(H,10,12). The molecule has 1 rings (SSSR count). The maximum absolute atomic E-state index is 11.3. The van der Waals surface area contributed by atoms with Crippen molar-refractivity contribution in [3.05, 3.63) is 0 Å². The molecule has 2 amide bonds. The first kappa shape index (κ1) is 9.36. The predicted octanol–water partition coefficient (Wildman–Crippen LogP) is 1.45. The fourth-order valence-electron chi connectivity index (χ4n) is 1.61. The molecule has 1 fully saturated rings. The van der Waals surface area contributed by atoms with Crippen LogP contribution in [0.2, 0.25) is 0 Å². The lowest BCUT2D eigenvalue weighted by Gasteiger charge is -2.16. The molecule has 12 heavy (non-hydrogen) atoms. The number of amides is 2. The lowest BCUT2D eigenvalue weighted by Crippen LogP contribution is -2.38. The van der Waals surface area contributed by atoms with Gasteiger partial charge in [0.2, 0.25) is 0 Å². The summed E-state index contributed by atoms with van der Waals surface area (Å²) in [6, 6.07) is 0.105. The van der Waals surface area contributed by atoms with E-state index in [1.54, 1.807) is 0 Å². The molecule has 1 heterocycles. The maximum Gasteiger partial charge on any atom is 0.317 e. The molecule has 0 spiro atoms. The number of hydrogen-bond acceptors (Lipinski definition) is 1. The normalized spacial score (nSPS) is 22.8. The molecular formula is C9H18N2O. The summed E-state index contributed by atoms with van der Waals surface area (Å²) in [6.07, 6.45) is 2.36. The van der Waals surface area contributed by atoms with Gasteiger partial charge in [0.1, 0.15) is 0 Å². The highest BCUT2D eigenvalue weighted by molar-refractivity contribution is 5.74. The summed E-state index contributed by atoms with van der Waals surface area (Å²) >= 11 is 0. The Kier molecular flexibility index (Phi) is 3.38. The van der Waals surface area contributed by atoms with Gasteiger partial charge in [-0.05, 0) is 19.3 Å². The van der Waals surface area contributed by atoms with Crippen molar-refractivity contribution in [1.29, 1.82) is 0 Å². The number of urea groups is 1. The third kappa shape index (κ3) is 2.13. The summed E-state index contributed by atoms with van der Waals surface area (Å²) in [6.45, 7) is 6.75. The third-order valence-electron chi connectivity index (χ3n) is 2.48. The maximum atomic E-state index is 11.3. The van der Waals surface area contributed by atoms with Crippen molar-refractivity contribution in [3.8, 4) is 0 Å². The Labute approximate surface area is 74.1 Å². The molecule has 1 atom stereocenters. The van der Waals surface area contributed by atoms with Crippen LogP contribution in [0.15, 0.2) is 0 Å². The van der Waals surface area contributed by atoms with Gasteiger partial charge >= 0.3 is 6.03 Å². The minimum atomic E-state index is 0.105. The van der Waals surface area contributed by atoms with Crippen LogP contribution >= 0.6 is 0 Å². The predicted molar refractivity (Wildman–Crippen MR) is 49.0 cm³/mol. The highest BCUT2D eigenvalue weighted by atomic mass is 16.2. The molecule has 70 valence electrons. The van der Waals surface area contributed by atoms with E-state index in [0.717, 1.165) is 25.6 Å². The minimum Gasteiger partial charge on any atom is -0.338 e. The van der Waals surface area contributed by atoms with Gasteiger partial charge in [-0.1, -0.05) is 13.3 Å². The molecule has 1 unspecified atom stereocenters. The number of hydrogen-bond donors (Lipinski definition) is 1. The van der Waals surface area contributed by atoms with Crippen LogP contribution in [0.5, 0.6) is 0 Å². The number of carbonyl (C=O) groups excluding carboxylic acids is 1. The van der Waals surface area contributed by atoms with E-state index in [1.807, 2.05) is 11.8 Å². The van der Waals surface area contributed by atoms with E-state index < -0.39 is 0 Å². The number of rotatable bonds is 2. The van der Waals surface area contributed by atoms with E-state index in [0.29, 0.717) is 0 Å². The third-order valence-corrected chi connectivity index (χ3v) is 2.48. The van der Waals surface area contributed by atoms with E-state index in [9.17, 15) is 4.79 Å². The Morgan fingerprint density at radius 2 is 2.33 bits per heavy atom. The largest absolute Gasteiger partial charge is 0.338 e. The minimum absolute atomic E-state index is 0.105. The molecule has 0 saturated carbocycles. The second kappa shape index (κ2) is 4.33. The Morgan fingerprint density at radius 1 is 1.58 bits per heavy atom. The van der Waals surface area contributed by atoms with Crippen molar-refractivity contribution in [2.75, 3.05) is 19.6 Å². The van der Waals surface area contributed by atoms with Crippen LogP contribution in [-0.4, -0.2) is 30.6 Å². The van der Waals surface area contributed by atoms with Crippen molar-refractivity contribution in [3.63, 3.8) is 0 Å². The van der Waals surface area contributed by atoms with Gasteiger partial charge in [0, 0.05) is 19.6 Å². The monoisotopic (exact) mass is 170 g/mol. The van der Waals surface area contributed by atoms with E-state index in [-0.39, 0.29) is 6.03 Å². The quantitative estimate of drug-likeness (QED) is 0.668. The molecule has 0 aromatic heterocycles. The van der Waals surface area contributed by atoms with Crippen LogP contribution in [0.25, 0.3) is 0 Å². The van der Waals surface area contributed by atoms with Gasteiger partial charge < -0.3 is 10.2 Å². The molecular weight excluding hydrogens is 152 g/mol. The first-order valence-corrected chi connectivity index (χ1v) is 4.80. The Bertz CT molecular complexity index is 159. The molecule has 1 aliphatic heterocycles. The van der Waals surface area contributed by atoms with Crippen LogP contribution in [0, 0.1) is 5.92 Å². The molecule has 3 heteroatoms. The number of nitrogens with zero attached hydrogens (tertiary/aromatic N) is 1. The van der Waals surface area contributed by atoms with Crippen molar-refractivity contribution in [2.45, 2.75) is 26.7 Å². The fourth-order valence-corrected chi connectivity index (χ4v) is 1.61. The van der Waals surface area contributed by atoms with Gasteiger partial charge in [-0.15, -0.1) is 0 Å². The van der Waals surface area contributed by atoms with Crippen LogP contribution in [0.1, 0.15) is 26.7 Å². The second-order valence-corrected chi connectivity index (χ2v) is 3.34. The molecule has 1 aliphatic rings. The highest BCUT2D eigenvalue weighted by Crippen LogP contribution is 2.18. The van der Waals surface area contributed by atoms with E-state index >= 15 is 0 Å². The van der Waals surface area contributed by atoms with E-state index in [4.69, 9.17) is 0 Å². The molecule has 0 bridgehead atoms. The van der Waals surface area contributed by atoms with Gasteiger partial charge in [-0.3, -0.25) is 0 Å². The summed E-state index contributed by atoms with van der Waals surface area (Å²) in [7, 11) is 0. The van der Waals surface area contributed by atoms with Crippen molar-refractivity contribution < 1.29 is 4.79 Å². The van der Waals surface area contributed by atoms with Crippen LogP contribution < -0.4 is 5.32 Å². The average Bonchev–Trinajstić information content (AvgIpc) is 2.52. The van der Waals surface area contributed by atoms with Crippen molar-refractivity contribution in [1.82, 2.24) is 10.2 Å². The van der Waals surface area contributed by atoms with Gasteiger partial charge in [0.05, 0.1) is 0 Å². The number of nitrogens with one attached hydrogen (secondary N) is 1. The topological polar surface area (TPSA) is 32.3 Å². The zero-order valence-corrected chi connectivity index (χ0v) is 7.97. The van der Waals surface area contributed by atoms with Gasteiger partial charge in [0.25, 0.3) is 0 Å². The summed E-state index contributed by atoms with van der Waals surface area (Å²) < 4.78 is 0. The molecule has 1 saturated heterocycles. The van der Waals surface area contributed by atoms with Crippen LogP contribution in [-0.2, 0) is 0 Å². The highest BCUT2D eigenvalue weighted by Gasteiger charge is 2.24. The molecule has 0 radical (unpaired) electrons. The summed E-state index contributed by atoms with van der Waals surface area (Å²) in [5, 5.41) is 2.82. The van der Waals surface area contributed by atoms with Gasteiger partial charge in [-0.25, -0.2) is 4.79 Å². The summed E-state index contributed by atoms with van der Waals surface area (Å²) in [4.78, 5) is 13.2. The molecule has 3 nitrogen and oxygen atoms in total. The van der Waals surface area contributed by atoms with E-state index in [1.165, 1.54) is 12.8 Å². The SMILES string of the molecule is CCNC(=O)N1CCC(CC)C1. The lowest BCUT2D eigenvalue weighted by molar-refractivity contribution is 0.207. The number of likely N-dealkylation sites (tertiary alicyclic amines) is 1. The second-order valence-electron chi connectivity index (χ2n) is 3.34. The van der Waals surface area contributed by atoms with Crippen molar-refractivity contribution in [2.24, 2.45) is 5.92 Å². The zero-order valence-electron chi connectivity index (χ0n) is 7.97. The molecule has 0 aromatic carbocycles. The lowest BCUT2D eigenvalue weighted by atomic mass is 10.1. The Morgan fingerprint density at radius 3 is 2.83 bits per heavy atom. The first-order chi connectivity index (χ1) is 5.77.